The first kappa shape index (κ1) is 14.7. The van der Waals surface area contributed by atoms with Gasteiger partial charge in [0.1, 0.15) is 5.69 Å². The largest absolute Gasteiger partial charge is 0.477 e. The zero-order valence-electron chi connectivity index (χ0n) is 9.93. The van der Waals surface area contributed by atoms with Gasteiger partial charge in [0.15, 0.2) is 0 Å². The summed E-state index contributed by atoms with van der Waals surface area (Å²) in [6.07, 6.45) is 1.29. The molecule has 5 nitrogen and oxygen atoms in total. The van der Waals surface area contributed by atoms with E-state index >= 15 is 0 Å². The van der Waals surface area contributed by atoms with Crippen molar-refractivity contribution in [2.45, 2.75) is 0 Å². The number of carbonyl (C=O) groups excluding carboxylic acids is 1. The Kier molecular flexibility index (Phi) is 4.51. The number of hydrogen-bond donors (Lipinski definition) is 2. The number of nitrogens with one attached hydrogen (secondary N) is 1. The molecular weight excluding hydrogens is 392 g/mol. The van der Waals surface area contributed by atoms with E-state index < -0.39 is 11.9 Å². The number of aromatic nitrogens is 1. The smallest absolute Gasteiger partial charge is 0.354 e. The molecule has 1 amide bonds. The van der Waals surface area contributed by atoms with Gasteiger partial charge in [0.25, 0.3) is 5.91 Å². The summed E-state index contributed by atoms with van der Waals surface area (Å²) in [5.41, 5.74) is 0.633. The van der Waals surface area contributed by atoms with Crippen molar-refractivity contribution in [1.29, 1.82) is 0 Å². The monoisotopic (exact) mass is 398 g/mol. The van der Waals surface area contributed by atoms with E-state index in [1.54, 1.807) is 12.1 Å². The molecule has 0 aliphatic carbocycles. The summed E-state index contributed by atoms with van der Waals surface area (Å²) in [5, 5.41) is 11.6. The van der Waals surface area contributed by atoms with E-state index in [2.05, 4.69) is 42.2 Å². The lowest BCUT2D eigenvalue weighted by atomic mass is 10.2. The summed E-state index contributed by atoms with van der Waals surface area (Å²) in [6.45, 7) is 0. The second-order valence-electron chi connectivity index (χ2n) is 3.81. The molecule has 2 N–H and O–H groups in total. The molecule has 20 heavy (non-hydrogen) atoms. The second-order valence-corrected chi connectivity index (χ2v) is 5.58. The number of aromatic carboxylic acids is 1. The van der Waals surface area contributed by atoms with E-state index in [0.717, 1.165) is 8.95 Å². The van der Waals surface area contributed by atoms with Crippen LogP contribution in [0.25, 0.3) is 0 Å². The van der Waals surface area contributed by atoms with Gasteiger partial charge >= 0.3 is 5.97 Å². The standard InChI is InChI=1S/C13H8Br2N2O3/c14-8-1-2-9(15)10(6-8)17-12(18)7-3-4-16-11(5-7)13(19)20/h1-6H,(H,17,18)(H,19,20). The zero-order valence-corrected chi connectivity index (χ0v) is 13.1. The second kappa shape index (κ2) is 6.15. The maximum atomic E-state index is 12.1. The molecule has 0 unspecified atom stereocenters. The normalized spacial score (nSPS) is 10.1. The summed E-state index contributed by atoms with van der Waals surface area (Å²) < 4.78 is 1.54. The van der Waals surface area contributed by atoms with Gasteiger partial charge in [-0.3, -0.25) is 4.79 Å². The topological polar surface area (TPSA) is 79.3 Å². The van der Waals surface area contributed by atoms with Crippen molar-refractivity contribution in [3.63, 3.8) is 0 Å². The number of amides is 1. The highest BCUT2D eigenvalue weighted by Gasteiger charge is 2.12. The predicted octanol–water partition coefficient (Wildman–Crippen LogP) is 3.56. The van der Waals surface area contributed by atoms with Gasteiger partial charge in [-0.2, -0.15) is 0 Å². The first-order valence-corrected chi connectivity index (χ1v) is 7.02. The molecule has 0 saturated heterocycles. The van der Waals surface area contributed by atoms with E-state index in [4.69, 9.17) is 5.11 Å². The number of carboxylic acid groups (broad SMARTS) is 1. The Bertz CT molecular complexity index is 689. The summed E-state index contributed by atoms with van der Waals surface area (Å²) in [4.78, 5) is 26.6. The van der Waals surface area contributed by atoms with Crippen molar-refractivity contribution in [1.82, 2.24) is 4.98 Å². The molecule has 1 heterocycles. The molecule has 1 aromatic carbocycles. The number of anilines is 1. The molecule has 102 valence electrons. The summed E-state index contributed by atoms with van der Waals surface area (Å²) >= 11 is 6.64. The number of carbonyl (C=O) groups is 2. The molecule has 2 aromatic rings. The van der Waals surface area contributed by atoms with Crippen LogP contribution in [0.1, 0.15) is 20.8 Å². The number of benzene rings is 1. The Morgan fingerprint density at radius 2 is 1.90 bits per heavy atom. The molecule has 0 aliphatic rings. The number of rotatable bonds is 3. The third-order valence-corrected chi connectivity index (χ3v) is 3.60. The number of nitrogens with zero attached hydrogens (tertiary/aromatic N) is 1. The molecular formula is C13H8Br2N2O3. The van der Waals surface area contributed by atoms with Crippen molar-refractivity contribution in [2.75, 3.05) is 5.32 Å². The minimum absolute atomic E-state index is 0.175. The van der Waals surface area contributed by atoms with Crippen LogP contribution in [0.3, 0.4) is 0 Å². The summed E-state index contributed by atoms with van der Waals surface area (Å²) in [7, 11) is 0. The molecule has 0 atom stereocenters. The van der Waals surface area contributed by atoms with E-state index in [9.17, 15) is 9.59 Å². The summed E-state index contributed by atoms with van der Waals surface area (Å²) in [5.74, 6) is -1.59. The summed E-state index contributed by atoms with van der Waals surface area (Å²) in [6, 6.07) is 8.03. The number of halogens is 2. The van der Waals surface area contributed by atoms with Gasteiger partial charge in [-0.1, -0.05) is 15.9 Å². The van der Waals surface area contributed by atoms with E-state index in [-0.39, 0.29) is 11.3 Å². The fourth-order valence-electron chi connectivity index (χ4n) is 1.48. The van der Waals surface area contributed by atoms with Crippen molar-refractivity contribution in [2.24, 2.45) is 0 Å². The quantitative estimate of drug-likeness (QED) is 0.826. The van der Waals surface area contributed by atoms with Crippen LogP contribution in [0, 0.1) is 0 Å². The van der Waals surface area contributed by atoms with Gasteiger partial charge in [0.05, 0.1) is 5.69 Å². The highest BCUT2D eigenvalue weighted by atomic mass is 79.9. The van der Waals surface area contributed by atoms with Crippen LogP contribution in [-0.4, -0.2) is 22.0 Å². The fourth-order valence-corrected chi connectivity index (χ4v) is 2.18. The molecule has 1 aromatic heterocycles. The van der Waals surface area contributed by atoms with E-state index in [1.165, 1.54) is 18.3 Å². The van der Waals surface area contributed by atoms with Gasteiger partial charge < -0.3 is 10.4 Å². The Morgan fingerprint density at radius 1 is 1.15 bits per heavy atom. The predicted molar refractivity (Wildman–Crippen MR) is 81.0 cm³/mol. The van der Waals surface area contributed by atoms with Crippen molar-refractivity contribution in [3.8, 4) is 0 Å². The highest BCUT2D eigenvalue weighted by molar-refractivity contribution is 9.11. The Labute approximate surface area is 131 Å². The van der Waals surface area contributed by atoms with Crippen LogP contribution in [0.4, 0.5) is 5.69 Å². The lowest BCUT2D eigenvalue weighted by Gasteiger charge is -2.08. The lowest BCUT2D eigenvalue weighted by Crippen LogP contribution is -2.13. The van der Waals surface area contributed by atoms with Gasteiger partial charge in [-0.05, 0) is 46.3 Å². The maximum Gasteiger partial charge on any atom is 0.354 e. The zero-order chi connectivity index (χ0) is 14.7. The third kappa shape index (κ3) is 3.43. The molecule has 0 bridgehead atoms. The number of hydrogen-bond acceptors (Lipinski definition) is 3. The van der Waals surface area contributed by atoms with Crippen molar-refractivity contribution >= 4 is 49.4 Å². The Hall–Kier alpha value is -1.73. The molecule has 0 aliphatic heterocycles. The molecule has 2 rings (SSSR count). The minimum atomic E-state index is -1.18. The van der Waals surface area contributed by atoms with Gasteiger partial charge in [0, 0.05) is 20.7 Å². The average Bonchev–Trinajstić information content (AvgIpc) is 2.43. The van der Waals surface area contributed by atoms with Gasteiger partial charge in [-0.25, -0.2) is 9.78 Å². The first-order valence-electron chi connectivity index (χ1n) is 5.43. The number of carboxylic acids is 1. The maximum absolute atomic E-state index is 12.1. The van der Waals surface area contributed by atoms with Crippen molar-refractivity contribution < 1.29 is 14.7 Å². The van der Waals surface area contributed by atoms with Crippen LogP contribution < -0.4 is 5.32 Å². The van der Waals surface area contributed by atoms with Crippen LogP contribution in [-0.2, 0) is 0 Å². The molecule has 0 fully saturated rings. The van der Waals surface area contributed by atoms with Crippen LogP contribution >= 0.6 is 31.9 Å². The van der Waals surface area contributed by atoms with Gasteiger partial charge in [-0.15, -0.1) is 0 Å². The molecule has 0 radical (unpaired) electrons. The Morgan fingerprint density at radius 3 is 2.60 bits per heavy atom. The van der Waals surface area contributed by atoms with E-state index in [1.807, 2.05) is 6.07 Å². The number of pyridine rings is 1. The molecule has 0 saturated carbocycles. The van der Waals surface area contributed by atoms with Crippen LogP contribution in [0.5, 0.6) is 0 Å². The lowest BCUT2D eigenvalue weighted by molar-refractivity contribution is 0.0690. The minimum Gasteiger partial charge on any atom is -0.477 e. The highest BCUT2D eigenvalue weighted by Crippen LogP contribution is 2.26. The van der Waals surface area contributed by atoms with Crippen LogP contribution in [0.2, 0.25) is 0 Å². The van der Waals surface area contributed by atoms with Gasteiger partial charge in [0.2, 0.25) is 0 Å². The molecule has 7 heteroatoms. The average molecular weight is 400 g/mol. The SMILES string of the molecule is O=C(Nc1cc(Br)ccc1Br)c1ccnc(C(=O)O)c1. The van der Waals surface area contributed by atoms with Crippen molar-refractivity contribution in [3.05, 3.63) is 56.7 Å². The molecule has 0 spiro atoms. The third-order valence-electron chi connectivity index (χ3n) is 2.42. The Balaban J connectivity index is 2.26. The van der Waals surface area contributed by atoms with Crippen LogP contribution in [0.15, 0.2) is 45.5 Å². The first-order chi connectivity index (χ1) is 9.47. The van der Waals surface area contributed by atoms with E-state index in [0.29, 0.717) is 5.69 Å². The fraction of sp³-hybridized carbons (Fsp3) is 0.